The van der Waals surface area contributed by atoms with Crippen LogP contribution in [0.5, 0.6) is 0 Å². The van der Waals surface area contributed by atoms with Crippen molar-refractivity contribution in [2.45, 2.75) is 40.5 Å². The number of hydrogen-bond donors (Lipinski definition) is 1. The minimum absolute atomic E-state index is 0.0379. The zero-order valence-electron chi connectivity index (χ0n) is 17.0. The number of nitrogens with zero attached hydrogens (tertiary/aromatic N) is 3. The maximum absolute atomic E-state index is 12.5. The zero-order valence-corrected chi connectivity index (χ0v) is 18.7. The number of rotatable bonds is 4. The summed E-state index contributed by atoms with van der Waals surface area (Å²) in [5.41, 5.74) is 4.30. The Morgan fingerprint density at radius 2 is 2.00 bits per heavy atom. The quantitative estimate of drug-likeness (QED) is 0.461. The zero-order chi connectivity index (χ0) is 21.5. The van der Waals surface area contributed by atoms with Gasteiger partial charge < -0.3 is 4.57 Å². The lowest BCUT2D eigenvalue weighted by Gasteiger charge is -2.25. The first-order chi connectivity index (χ1) is 13.7. The van der Waals surface area contributed by atoms with Crippen LogP contribution in [0.25, 0.3) is 11.1 Å². The van der Waals surface area contributed by atoms with Gasteiger partial charge in [-0.15, -0.1) is 11.3 Å². The number of likely N-dealkylation sites (N-methyl/N-ethyl adjacent to an activating group) is 1. The Morgan fingerprint density at radius 3 is 2.62 bits per heavy atom. The van der Waals surface area contributed by atoms with E-state index in [-0.39, 0.29) is 10.7 Å². The fraction of sp³-hybridized carbons (Fsp3) is 0.333. The first-order valence-corrected chi connectivity index (χ1v) is 10.5. The molecule has 0 aliphatic carbocycles. The Balaban J connectivity index is 2.13. The number of thiocarbonyl (C=S) groups is 1. The molecule has 1 saturated heterocycles. The number of aryl methyl sites for hydroxylation is 2. The van der Waals surface area contributed by atoms with E-state index in [9.17, 15) is 14.9 Å². The van der Waals surface area contributed by atoms with Gasteiger partial charge in [-0.3, -0.25) is 19.8 Å². The summed E-state index contributed by atoms with van der Waals surface area (Å²) in [6.45, 7) is 7.99. The van der Waals surface area contributed by atoms with Crippen molar-refractivity contribution in [3.05, 3.63) is 44.6 Å². The molecule has 1 aliphatic rings. The summed E-state index contributed by atoms with van der Waals surface area (Å²) < 4.78 is 2.03. The van der Waals surface area contributed by atoms with Crippen LogP contribution in [0.2, 0.25) is 0 Å². The molecule has 8 heteroatoms. The molecule has 2 aromatic heterocycles. The van der Waals surface area contributed by atoms with Gasteiger partial charge in [-0.2, -0.15) is 5.26 Å². The molecule has 3 rings (SSSR count). The van der Waals surface area contributed by atoms with Crippen LogP contribution in [0.3, 0.4) is 0 Å². The monoisotopic (exact) mass is 426 g/mol. The first-order valence-electron chi connectivity index (χ1n) is 9.27. The largest absolute Gasteiger partial charge is 0.308 e. The van der Waals surface area contributed by atoms with E-state index < -0.39 is 11.8 Å². The number of thiophene rings is 1. The molecule has 150 valence electrons. The number of amides is 2. The maximum atomic E-state index is 12.5. The lowest BCUT2D eigenvalue weighted by atomic mass is 10.1. The third-order valence-electron chi connectivity index (χ3n) is 5.09. The predicted octanol–water partition coefficient (Wildman–Crippen LogP) is 3.54. The molecule has 1 aliphatic heterocycles. The van der Waals surface area contributed by atoms with Crippen LogP contribution >= 0.6 is 23.6 Å². The van der Waals surface area contributed by atoms with Crippen LogP contribution in [0.1, 0.15) is 46.3 Å². The summed E-state index contributed by atoms with van der Waals surface area (Å²) in [5, 5.41) is 13.2. The van der Waals surface area contributed by atoms with Crippen molar-refractivity contribution in [3.8, 4) is 11.1 Å². The summed E-state index contributed by atoms with van der Waals surface area (Å²) in [6, 6.07) is 4.27. The summed E-state index contributed by atoms with van der Waals surface area (Å²) in [5.74, 6) is -0.934. The highest BCUT2D eigenvalue weighted by atomic mass is 32.1. The van der Waals surface area contributed by atoms with E-state index in [0.717, 1.165) is 40.4 Å². The number of carbonyl (C=O) groups is 2. The van der Waals surface area contributed by atoms with Gasteiger partial charge in [0.2, 0.25) is 0 Å². The molecular weight excluding hydrogens is 404 g/mol. The molecular formula is C21H22N4O2S2. The van der Waals surface area contributed by atoms with Crippen molar-refractivity contribution in [2.75, 3.05) is 7.05 Å². The normalized spacial score (nSPS) is 15.8. The number of nitriles is 1. The molecule has 0 spiro atoms. The van der Waals surface area contributed by atoms with Crippen molar-refractivity contribution >= 4 is 46.6 Å². The van der Waals surface area contributed by atoms with Gasteiger partial charge in [0.25, 0.3) is 11.8 Å². The standard InChI is InChI=1S/C21H22N4O2S2/c1-6-7-17-12(3)16(10-22)20(29-17)25-11(2)8-14(13(25)4)9-15-18(26)23-21(28)24(5)19(15)27/h8-9H,6-7H2,1-5H3,(H,23,26,28)/b15-9+. The molecule has 0 atom stereocenters. The minimum Gasteiger partial charge on any atom is -0.308 e. The lowest BCUT2D eigenvalue weighted by Crippen LogP contribution is -2.52. The molecule has 0 unspecified atom stereocenters. The number of nitrogens with one attached hydrogen (secondary N) is 1. The highest BCUT2D eigenvalue weighted by Crippen LogP contribution is 2.35. The van der Waals surface area contributed by atoms with Crippen LogP contribution in [0.15, 0.2) is 11.6 Å². The summed E-state index contributed by atoms with van der Waals surface area (Å²) in [7, 11) is 1.53. The van der Waals surface area contributed by atoms with Crippen LogP contribution in [-0.2, 0) is 16.0 Å². The van der Waals surface area contributed by atoms with Crippen LogP contribution in [0, 0.1) is 32.1 Å². The number of hydrogen-bond acceptors (Lipinski definition) is 5. The van der Waals surface area contributed by atoms with Gasteiger partial charge in [-0.05, 0) is 62.7 Å². The highest BCUT2D eigenvalue weighted by Gasteiger charge is 2.31. The Hall–Kier alpha value is -2.76. The topological polar surface area (TPSA) is 78.1 Å². The van der Waals surface area contributed by atoms with Gasteiger partial charge in [-0.1, -0.05) is 13.3 Å². The van der Waals surface area contributed by atoms with Crippen molar-refractivity contribution < 1.29 is 9.59 Å². The van der Waals surface area contributed by atoms with Crippen LogP contribution in [0.4, 0.5) is 0 Å². The van der Waals surface area contributed by atoms with Gasteiger partial charge in [-0.25, -0.2) is 0 Å². The highest BCUT2D eigenvalue weighted by molar-refractivity contribution is 7.80. The number of carbonyl (C=O) groups excluding carboxylic acids is 2. The van der Waals surface area contributed by atoms with Crippen molar-refractivity contribution in [1.82, 2.24) is 14.8 Å². The molecule has 1 fully saturated rings. The Morgan fingerprint density at radius 1 is 1.31 bits per heavy atom. The second-order valence-corrected chi connectivity index (χ2v) is 8.51. The first kappa shape index (κ1) is 21.0. The third-order valence-corrected chi connectivity index (χ3v) is 6.81. The predicted molar refractivity (Wildman–Crippen MR) is 118 cm³/mol. The molecule has 0 saturated carbocycles. The van der Waals surface area contributed by atoms with E-state index in [1.807, 2.05) is 31.4 Å². The van der Waals surface area contributed by atoms with E-state index in [2.05, 4.69) is 18.3 Å². The van der Waals surface area contributed by atoms with Crippen LogP contribution < -0.4 is 5.32 Å². The maximum Gasteiger partial charge on any atom is 0.265 e. The smallest absolute Gasteiger partial charge is 0.265 e. The van der Waals surface area contributed by atoms with Crippen molar-refractivity contribution in [3.63, 3.8) is 0 Å². The molecule has 29 heavy (non-hydrogen) atoms. The van der Waals surface area contributed by atoms with Crippen LogP contribution in [-0.4, -0.2) is 33.4 Å². The van der Waals surface area contributed by atoms with E-state index >= 15 is 0 Å². The fourth-order valence-corrected chi connectivity index (χ4v) is 5.09. The van der Waals surface area contributed by atoms with E-state index in [1.165, 1.54) is 16.8 Å². The van der Waals surface area contributed by atoms with Gasteiger partial charge in [0, 0.05) is 23.3 Å². The molecule has 0 aromatic carbocycles. The molecule has 2 aromatic rings. The SMILES string of the molecule is CCCc1sc(-n2c(C)cc(/C=C3\C(=O)NC(=S)N(C)C3=O)c2C)c(C#N)c1C. The summed E-state index contributed by atoms with van der Waals surface area (Å²) >= 11 is 6.62. The number of aromatic nitrogens is 1. The molecule has 6 nitrogen and oxygen atoms in total. The minimum atomic E-state index is -0.502. The Kier molecular flexibility index (Phi) is 5.73. The molecule has 3 heterocycles. The average Bonchev–Trinajstić information content (AvgIpc) is 3.12. The van der Waals surface area contributed by atoms with E-state index in [0.29, 0.717) is 5.56 Å². The third kappa shape index (κ3) is 3.52. The van der Waals surface area contributed by atoms with E-state index in [4.69, 9.17) is 12.2 Å². The van der Waals surface area contributed by atoms with Crippen molar-refractivity contribution in [2.24, 2.45) is 0 Å². The van der Waals surface area contributed by atoms with Gasteiger partial charge in [0.05, 0.1) is 5.56 Å². The molecule has 0 radical (unpaired) electrons. The Labute approximate surface area is 179 Å². The fourth-order valence-electron chi connectivity index (χ4n) is 3.45. The van der Waals surface area contributed by atoms with Gasteiger partial charge in [0.1, 0.15) is 16.6 Å². The van der Waals surface area contributed by atoms with Gasteiger partial charge in [0.15, 0.2) is 5.11 Å². The van der Waals surface area contributed by atoms with E-state index in [1.54, 1.807) is 17.4 Å². The molecule has 1 N–H and O–H groups in total. The summed E-state index contributed by atoms with van der Waals surface area (Å²) in [6.07, 6.45) is 3.54. The molecule has 2 amide bonds. The van der Waals surface area contributed by atoms with Gasteiger partial charge >= 0.3 is 0 Å². The lowest BCUT2D eigenvalue weighted by molar-refractivity contribution is -0.128. The average molecular weight is 427 g/mol. The molecule has 0 bridgehead atoms. The second-order valence-electron chi connectivity index (χ2n) is 7.04. The Bertz CT molecular complexity index is 1110. The summed E-state index contributed by atoms with van der Waals surface area (Å²) in [4.78, 5) is 27.3. The van der Waals surface area contributed by atoms with Crippen molar-refractivity contribution in [1.29, 1.82) is 5.26 Å². The second kappa shape index (κ2) is 7.93.